The van der Waals surface area contributed by atoms with Crippen LogP contribution in [-0.2, 0) is 9.84 Å². The third-order valence-electron chi connectivity index (χ3n) is 3.24. The highest BCUT2D eigenvalue weighted by Gasteiger charge is 2.23. The van der Waals surface area contributed by atoms with Crippen molar-refractivity contribution < 1.29 is 8.42 Å². The molecule has 0 aromatic heterocycles. The average molecular weight is 248 g/mol. The fourth-order valence-corrected chi connectivity index (χ4v) is 3.56. The van der Waals surface area contributed by atoms with Gasteiger partial charge in [0.25, 0.3) is 0 Å². The minimum atomic E-state index is -2.78. The Morgan fingerprint density at radius 3 is 2.69 bits per heavy atom. The number of rotatable bonds is 5. The van der Waals surface area contributed by atoms with E-state index in [4.69, 9.17) is 0 Å². The first-order valence-corrected chi connectivity index (χ1v) is 7.87. The summed E-state index contributed by atoms with van der Waals surface area (Å²) >= 11 is 0. The smallest absolute Gasteiger partial charge is 0.151 e. The Morgan fingerprint density at radius 2 is 2.12 bits per heavy atom. The van der Waals surface area contributed by atoms with Crippen molar-refractivity contribution in [3.63, 3.8) is 0 Å². The Balaban J connectivity index is 2.23. The molecule has 1 saturated heterocycles. The van der Waals surface area contributed by atoms with Crippen LogP contribution in [0.3, 0.4) is 0 Å². The van der Waals surface area contributed by atoms with Crippen LogP contribution in [0.1, 0.15) is 26.7 Å². The summed E-state index contributed by atoms with van der Waals surface area (Å²) in [6.07, 6.45) is 1.80. The molecule has 1 aliphatic rings. The van der Waals surface area contributed by atoms with Crippen molar-refractivity contribution in [2.45, 2.75) is 38.8 Å². The van der Waals surface area contributed by atoms with Gasteiger partial charge in [0.1, 0.15) is 0 Å². The highest BCUT2D eigenvalue weighted by Crippen LogP contribution is 2.11. The Kier molecular flexibility index (Phi) is 5.21. The molecule has 1 rings (SSSR count). The van der Waals surface area contributed by atoms with Crippen LogP contribution in [0.15, 0.2) is 0 Å². The molecular weight excluding hydrogens is 224 g/mol. The summed E-state index contributed by atoms with van der Waals surface area (Å²) in [5.74, 6) is 0.690. The number of likely N-dealkylation sites (N-methyl/N-ethyl adjacent to an activating group) is 1. The lowest BCUT2D eigenvalue weighted by Crippen LogP contribution is -2.43. The highest BCUT2D eigenvalue weighted by atomic mass is 32.2. The Hall–Kier alpha value is -0.130. The van der Waals surface area contributed by atoms with Gasteiger partial charge in [-0.25, -0.2) is 8.42 Å². The van der Waals surface area contributed by atoms with Gasteiger partial charge in [0.2, 0.25) is 0 Å². The Morgan fingerprint density at radius 1 is 1.44 bits per heavy atom. The average Bonchev–Trinajstić information content (AvgIpc) is 2.15. The fourth-order valence-electron chi connectivity index (χ4n) is 1.89. The monoisotopic (exact) mass is 248 g/mol. The maximum absolute atomic E-state index is 11.4. The van der Waals surface area contributed by atoms with Crippen LogP contribution in [0.2, 0.25) is 0 Å². The summed E-state index contributed by atoms with van der Waals surface area (Å²) in [5.41, 5.74) is 0. The molecule has 1 N–H and O–H groups in total. The van der Waals surface area contributed by atoms with Crippen molar-refractivity contribution in [3.05, 3.63) is 0 Å². The first-order chi connectivity index (χ1) is 7.41. The molecule has 0 spiro atoms. The first kappa shape index (κ1) is 13.9. The van der Waals surface area contributed by atoms with E-state index in [1.54, 1.807) is 0 Å². The minimum absolute atomic E-state index is 0.166. The zero-order chi connectivity index (χ0) is 12.2. The van der Waals surface area contributed by atoms with Crippen LogP contribution >= 0.6 is 0 Å². The second kappa shape index (κ2) is 5.98. The number of nitrogens with one attached hydrogen (secondary N) is 1. The normalized spacial score (nSPS) is 25.2. The van der Waals surface area contributed by atoms with Crippen LogP contribution in [0.25, 0.3) is 0 Å². The summed E-state index contributed by atoms with van der Waals surface area (Å²) < 4.78 is 22.8. The van der Waals surface area contributed by atoms with Gasteiger partial charge >= 0.3 is 0 Å². The summed E-state index contributed by atoms with van der Waals surface area (Å²) in [6, 6.07) is 0.705. The van der Waals surface area contributed by atoms with Gasteiger partial charge in [0.15, 0.2) is 9.84 Å². The molecule has 5 heteroatoms. The summed E-state index contributed by atoms with van der Waals surface area (Å²) in [4.78, 5) is 2.25. The maximum atomic E-state index is 11.4. The quantitative estimate of drug-likeness (QED) is 0.769. The lowest BCUT2D eigenvalue weighted by atomic mass is 10.2. The third kappa shape index (κ3) is 4.80. The van der Waals surface area contributed by atoms with E-state index in [2.05, 4.69) is 31.1 Å². The Labute approximate surface area is 99.3 Å². The molecule has 0 bridgehead atoms. The van der Waals surface area contributed by atoms with Gasteiger partial charge in [-0.2, -0.15) is 0 Å². The summed E-state index contributed by atoms with van der Waals surface area (Å²) in [5, 5.41) is 3.34. The van der Waals surface area contributed by atoms with Crippen molar-refractivity contribution in [1.82, 2.24) is 10.2 Å². The predicted octanol–water partition coefficient (Wildman–Crippen LogP) is 0.493. The Bertz CT molecular complexity index is 301. The molecule has 4 nitrogen and oxygen atoms in total. The predicted molar refractivity (Wildman–Crippen MR) is 67.4 cm³/mol. The van der Waals surface area contributed by atoms with Gasteiger partial charge < -0.3 is 10.2 Å². The standard InChI is InChI=1S/C11H24N2O2S/c1-10(2)13(3)7-6-12-11-5-4-8-16(14,15)9-11/h10-12H,4-9H2,1-3H3. The topological polar surface area (TPSA) is 49.4 Å². The summed E-state index contributed by atoms with van der Waals surface area (Å²) in [6.45, 7) is 6.15. The zero-order valence-corrected chi connectivity index (χ0v) is 11.4. The molecule has 1 atom stereocenters. The second-order valence-corrected chi connectivity index (χ2v) is 7.21. The molecule has 0 radical (unpaired) electrons. The van der Waals surface area contributed by atoms with Crippen molar-refractivity contribution in [3.8, 4) is 0 Å². The molecule has 0 aliphatic carbocycles. The lowest BCUT2D eigenvalue weighted by Gasteiger charge is -2.26. The highest BCUT2D eigenvalue weighted by molar-refractivity contribution is 7.91. The fraction of sp³-hybridized carbons (Fsp3) is 1.00. The molecule has 1 unspecified atom stereocenters. The van der Waals surface area contributed by atoms with Gasteiger partial charge in [-0.15, -0.1) is 0 Å². The number of hydrogen-bond donors (Lipinski definition) is 1. The molecule has 1 heterocycles. The van der Waals surface area contributed by atoms with E-state index in [1.807, 2.05) is 0 Å². The van der Waals surface area contributed by atoms with Crippen LogP contribution in [0.4, 0.5) is 0 Å². The van der Waals surface area contributed by atoms with Crippen LogP contribution in [0.5, 0.6) is 0 Å². The van der Waals surface area contributed by atoms with Crippen molar-refractivity contribution in [2.24, 2.45) is 0 Å². The number of sulfone groups is 1. The molecule has 16 heavy (non-hydrogen) atoms. The molecule has 0 aromatic rings. The molecule has 0 saturated carbocycles. The van der Waals surface area contributed by atoms with Crippen LogP contribution in [-0.4, -0.2) is 57.0 Å². The molecule has 96 valence electrons. The molecule has 1 aliphatic heterocycles. The second-order valence-electron chi connectivity index (χ2n) is 4.98. The van der Waals surface area contributed by atoms with E-state index in [1.165, 1.54) is 0 Å². The van der Waals surface area contributed by atoms with Gasteiger partial charge in [0, 0.05) is 25.2 Å². The number of nitrogens with zero attached hydrogens (tertiary/aromatic N) is 1. The molecule has 1 fully saturated rings. The zero-order valence-electron chi connectivity index (χ0n) is 10.6. The minimum Gasteiger partial charge on any atom is -0.312 e. The van der Waals surface area contributed by atoms with Gasteiger partial charge in [-0.1, -0.05) is 0 Å². The molecule has 0 amide bonds. The lowest BCUT2D eigenvalue weighted by molar-refractivity contribution is 0.268. The van der Waals surface area contributed by atoms with Gasteiger partial charge in [0.05, 0.1) is 11.5 Å². The van der Waals surface area contributed by atoms with Crippen molar-refractivity contribution in [2.75, 3.05) is 31.6 Å². The van der Waals surface area contributed by atoms with Crippen molar-refractivity contribution in [1.29, 1.82) is 0 Å². The first-order valence-electron chi connectivity index (χ1n) is 6.05. The summed E-state index contributed by atoms with van der Waals surface area (Å²) in [7, 11) is -0.688. The van der Waals surface area contributed by atoms with E-state index in [0.29, 0.717) is 17.5 Å². The van der Waals surface area contributed by atoms with Gasteiger partial charge in [-0.05, 0) is 33.7 Å². The van der Waals surface area contributed by atoms with Crippen molar-refractivity contribution >= 4 is 9.84 Å². The number of hydrogen-bond acceptors (Lipinski definition) is 4. The largest absolute Gasteiger partial charge is 0.312 e. The van der Waals surface area contributed by atoms with Crippen LogP contribution in [0, 0.1) is 0 Å². The maximum Gasteiger partial charge on any atom is 0.151 e. The van der Waals surface area contributed by atoms with E-state index in [0.717, 1.165) is 25.9 Å². The van der Waals surface area contributed by atoms with E-state index >= 15 is 0 Å². The molecule has 0 aromatic carbocycles. The third-order valence-corrected chi connectivity index (χ3v) is 5.06. The van der Waals surface area contributed by atoms with E-state index in [9.17, 15) is 8.42 Å². The van der Waals surface area contributed by atoms with Gasteiger partial charge in [-0.3, -0.25) is 0 Å². The van der Waals surface area contributed by atoms with Crippen LogP contribution < -0.4 is 5.32 Å². The van der Waals surface area contributed by atoms with E-state index < -0.39 is 9.84 Å². The SMILES string of the molecule is CC(C)N(C)CCNC1CCCS(=O)(=O)C1. The van der Waals surface area contributed by atoms with E-state index in [-0.39, 0.29) is 6.04 Å². The molecular formula is C11H24N2O2S.